The molecule has 0 heterocycles. The van der Waals surface area contributed by atoms with Gasteiger partial charge in [-0.05, 0) is 60.9 Å². The number of methoxy groups -OCH3 is 1. The molecule has 2 amide bonds. The number of rotatable bonds is 13. The minimum atomic E-state index is -4.19. The molecule has 0 spiro atoms. The zero-order chi connectivity index (χ0) is 30.2. The molecule has 0 fully saturated rings. The summed E-state index contributed by atoms with van der Waals surface area (Å²) in [4.78, 5) is 28.7. The van der Waals surface area contributed by atoms with Crippen LogP contribution in [0.4, 0.5) is 5.69 Å². The fraction of sp³-hybridized carbons (Fsp3) is 0.333. The van der Waals surface area contributed by atoms with Crippen LogP contribution >= 0.6 is 23.2 Å². The normalized spacial score (nSPS) is 12.1. The number of hydrogen-bond donors (Lipinski definition) is 1. The highest BCUT2D eigenvalue weighted by atomic mass is 35.5. The number of nitrogens with zero attached hydrogens (tertiary/aromatic N) is 2. The summed E-state index contributed by atoms with van der Waals surface area (Å²) < 4.78 is 34.0. The first-order valence-electron chi connectivity index (χ1n) is 13.2. The number of sulfonamides is 1. The summed E-state index contributed by atoms with van der Waals surface area (Å²) in [5, 5.41) is 3.56. The fourth-order valence-electron chi connectivity index (χ4n) is 4.19. The van der Waals surface area contributed by atoms with Crippen LogP contribution in [0, 0.1) is 5.92 Å². The third kappa shape index (κ3) is 8.15. The van der Waals surface area contributed by atoms with Crippen LogP contribution in [0.3, 0.4) is 0 Å². The Morgan fingerprint density at radius 1 is 0.927 bits per heavy atom. The van der Waals surface area contributed by atoms with Gasteiger partial charge in [0.25, 0.3) is 10.0 Å². The molecule has 0 aliphatic carbocycles. The second-order valence-corrected chi connectivity index (χ2v) is 12.5. The van der Waals surface area contributed by atoms with Crippen molar-refractivity contribution >= 4 is 50.7 Å². The lowest BCUT2D eigenvalue weighted by Crippen LogP contribution is -2.52. The Morgan fingerprint density at radius 3 is 2.07 bits per heavy atom. The Kier molecular flexibility index (Phi) is 11.5. The number of nitrogens with one attached hydrogen (secondary N) is 1. The molecule has 1 atom stereocenters. The highest BCUT2D eigenvalue weighted by molar-refractivity contribution is 7.92. The summed E-state index contributed by atoms with van der Waals surface area (Å²) in [6.45, 7) is 5.50. The van der Waals surface area contributed by atoms with Gasteiger partial charge >= 0.3 is 0 Å². The lowest BCUT2D eigenvalue weighted by molar-refractivity contribution is -0.140. The second-order valence-electron chi connectivity index (χ2n) is 9.81. The van der Waals surface area contributed by atoms with Gasteiger partial charge in [-0.15, -0.1) is 0 Å². The first-order valence-corrected chi connectivity index (χ1v) is 15.4. The van der Waals surface area contributed by atoms with Crippen LogP contribution in [0.25, 0.3) is 0 Å². The van der Waals surface area contributed by atoms with E-state index in [2.05, 4.69) is 5.32 Å². The molecule has 1 unspecified atom stereocenters. The van der Waals surface area contributed by atoms with E-state index in [-0.39, 0.29) is 29.7 Å². The fourth-order valence-corrected chi connectivity index (χ4v) is 6.12. The van der Waals surface area contributed by atoms with E-state index in [1.165, 1.54) is 36.3 Å². The molecule has 3 aromatic rings. The standard InChI is InChI=1S/C30H35Cl2N3O5S/c1-5-28(30(37)33-18-21(2)3)34(19-25-26(31)12-9-13-27(25)32)29(36)20-35(22-10-7-6-8-11-22)41(38,39)24-16-14-23(40-4)15-17-24/h6-17,21,28H,5,18-20H2,1-4H3,(H,33,37). The molecular weight excluding hydrogens is 585 g/mol. The highest BCUT2D eigenvalue weighted by Crippen LogP contribution is 2.29. The molecule has 11 heteroatoms. The van der Waals surface area contributed by atoms with Gasteiger partial charge in [-0.3, -0.25) is 13.9 Å². The van der Waals surface area contributed by atoms with E-state index < -0.39 is 28.5 Å². The summed E-state index contributed by atoms with van der Waals surface area (Å²) in [6.07, 6.45) is 0.286. The lowest BCUT2D eigenvalue weighted by Gasteiger charge is -2.33. The number of para-hydroxylation sites is 1. The van der Waals surface area contributed by atoms with E-state index in [4.69, 9.17) is 27.9 Å². The second kappa shape index (κ2) is 14.6. The SMILES string of the molecule is CCC(C(=O)NCC(C)C)N(Cc1c(Cl)cccc1Cl)C(=O)CN(c1ccccc1)S(=O)(=O)c1ccc(OC)cc1. The molecule has 0 saturated heterocycles. The van der Waals surface area contributed by atoms with Gasteiger partial charge in [-0.25, -0.2) is 8.42 Å². The maximum atomic E-state index is 14.1. The number of hydrogen-bond acceptors (Lipinski definition) is 5. The first-order chi connectivity index (χ1) is 19.5. The number of amides is 2. The molecule has 0 aromatic heterocycles. The topological polar surface area (TPSA) is 96.0 Å². The zero-order valence-electron chi connectivity index (χ0n) is 23.5. The number of halogens is 2. The van der Waals surface area contributed by atoms with E-state index in [1.54, 1.807) is 55.5 Å². The van der Waals surface area contributed by atoms with Crippen LogP contribution in [0.5, 0.6) is 5.75 Å². The molecule has 41 heavy (non-hydrogen) atoms. The van der Waals surface area contributed by atoms with Crippen LogP contribution in [0.15, 0.2) is 77.7 Å². The van der Waals surface area contributed by atoms with Crippen molar-refractivity contribution in [2.24, 2.45) is 5.92 Å². The molecule has 3 aromatic carbocycles. The highest BCUT2D eigenvalue weighted by Gasteiger charge is 2.34. The monoisotopic (exact) mass is 619 g/mol. The van der Waals surface area contributed by atoms with Crippen LogP contribution in [-0.2, 0) is 26.2 Å². The van der Waals surface area contributed by atoms with Gasteiger partial charge in [0, 0.05) is 28.7 Å². The van der Waals surface area contributed by atoms with E-state index >= 15 is 0 Å². The third-order valence-electron chi connectivity index (χ3n) is 6.43. The molecule has 0 aliphatic rings. The molecule has 0 saturated carbocycles. The Hall–Kier alpha value is -3.27. The predicted molar refractivity (Wildman–Crippen MR) is 163 cm³/mol. The Bertz CT molecular complexity index is 1410. The van der Waals surface area contributed by atoms with Crippen molar-refractivity contribution in [1.82, 2.24) is 10.2 Å². The molecule has 0 aliphatic heterocycles. The van der Waals surface area contributed by atoms with Gasteiger partial charge in [-0.1, -0.05) is 68.2 Å². The average molecular weight is 621 g/mol. The summed E-state index contributed by atoms with van der Waals surface area (Å²) >= 11 is 12.9. The molecule has 0 bridgehead atoms. The number of benzene rings is 3. The Labute approximate surface area is 252 Å². The maximum absolute atomic E-state index is 14.1. The number of ether oxygens (including phenoxy) is 1. The zero-order valence-corrected chi connectivity index (χ0v) is 25.8. The molecule has 220 valence electrons. The minimum Gasteiger partial charge on any atom is -0.497 e. The van der Waals surface area contributed by atoms with Crippen molar-refractivity contribution in [1.29, 1.82) is 0 Å². The van der Waals surface area contributed by atoms with E-state index in [1.807, 2.05) is 13.8 Å². The number of anilines is 1. The van der Waals surface area contributed by atoms with Crippen LogP contribution in [0.1, 0.15) is 32.8 Å². The van der Waals surface area contributed by atoms with Crippen LogP contribution < -0.4 is 14.4 Å². The first kappa shape index (κ1) is 32.2. The third-order valence-corrected chi connectivity index (χ3v) is 8.93. The van der Waals surface area contributed by atoms with Gasteiger partial charge in [0.05, 0.1) is 17.7 Å². The number of carbonyl (C=O) groups is 2. The predicted octanol–water partition coefficient (Wildman–Crippen LogP) is 5.78. The average Bonchev–Trinajstić information content (AvgIpc) is 2.96. The lowest BCUT2D eigenvalue weighted by atomic mass is 10.1. The van der Waals surface area contributed by atoms with Crippen molar-refractivity contribution in [3.63, 3.8) is 0 Å². The van der Waals surface area contributed by atoms with Crippen molar-refractivity contribution in [3.05, 3.63) is 88.4 Å². The van der Waals surface area contributed by atoms with Crippen LogP contribution in [-0.4, -0.2) is 51.4 Å². The van der Waals surface area contributed by atoms with Gasteiger partial charge in [0.15, 0.2) is 0 Å². The minimum absolute atomic E-state index is 0.0163. The molecule has 8 nitrogen and oxygen atoms in total. The van der Waals surface area contributed by atoms with Gasteiger partial charge in [0.1, 0.15) is 18.3 Å². The largest absolute Gasteiger partial charge is 0.497 e. The smallest absolute Gasteiger partial charge is 0.264 e. The van der Waals surface area contributed by atoms with Gasteiger partial charge in [0.2, 0.25) is 11.8 Å². The number of carbonyl (C=O) groups excluding carboxylic acids is 2. The summed E-state index contributed by atoms with van der Waals surface area (Å²) in [5.74, 6) is -0.246. The van der Waals surface area contributed by atoms with Gasteiger partial charge < -0.3 is 15.0 Å². The summed E-state index contributed by atoms with van der Waals surface area (Å²) in [5.41, 5.74) is 0.758. The molecule has 3 rings (SSSR count). The maximum Gasteiger partial charge on any atom is 0.264 e. The van der Waals surface area contributed by atoms with Crippen molar-refractivity contribution in [3.8, 4) is 5.75 Å². The van der Waals surface area contributed by atoms with Crippen molar-refractivity contribution < 1.29 is 22.7 Å². The van der Waals surface area contributed by atoms with Crippen LogP contribution in [0.2, 0.25) is 10.0 Å². The summed E-state index contributed by atoms with van der Waals surface area (Å²) in [6, 6.07) is 18.3. The van der Waals surface area contributed by atoms with Crippen molar-refractivity contribution in [2.75, 3.05) is 24.5 Å². The van der Waals surface area contributed by atoms with E-state index in [9.17, 15) is 18.0 Å². The Morgan fingerprint density at radius 2 is 1.54 bits per heavy atom. The summed E-state index contributed by atoms with van der Waals surface area (Å²) in [7, 11) is -2.71. The van der Waals surface area contributed by atoms with Gasteiger partial charge in [-0.2, -0.15) is 0 Å². The molecule has 0 radical (unpaired) electrons. The molecular formula is C30H35Cl2N3O5S. The Balaban J connectivity index is 2.06. The van der Waals surface area contributed by atoms with E-state index in [0.717, 1.165) is 4.31 Å². The quantitative estimate of drug-likeness (QED) is 0.262. The van der Waals surface area contributed by atoms with E-state index in [0.29, 0.717) is 33.6 Å². The molecule has 1 N–H and O–H groups in total. The van der Waals surface area contributed by atoms with Crippen molar-refractivity contribution in [2.45, 2.75) is 44.7 Å².